The highest BCUT2D eigenvalue weighted by atomic mass is 32.2. The zero-order valence-electron chi connectivity index (χ0n) is 19.2. The number of amides is 3. The molecule has 3 amide bonds. The van der Waals surface area contributed by atoms with Gasteiger partial charge in [-0.05, 0) is 37.6 Å². The summed E-state index contributed by atoms with van der Waals surface area (Å²) in [7, 11) is -1.56. The lowest BCUT2D eigenvalue weighted by atomic mass is 10.0. The molecule has 2 heterocycles. The summed E-state index contributed by atoms with van der Waals surface area (Å²) in [5.74, 6) is -1.04. The quantitative estimate of drug-likeness (QED) is 0.646. The van der Waals surface area contributed by atoms with E-state index in [0.29, 0.717) is 23.5 Å². The number of carbonyl (C=O) groups excluding carboxylic acids is 3. The Bertz CT molecular complexity index is 1210. The monoisotopic (exact) mass is 484 g/mol. The molecule has 0 radical (unpaired) electrons. The number of nitrogens with zero attached hydrogens (tertiary/aromatic N) is 2. The molecule has 0 spiro atoms. The van der Waals surface area contributed by atoms with Gasteiger partial charge in [-0.25, -0.2) is 8.42 Å². The number of sulfone groups is 1. The minimum atomic E-state index is -3.15. The number of para-hydroxylation sites is 2. The molecule has 9 nitrogen and oxygen atoms in total. The number of carbonyl (C=O) groups is 3. The van der Waals surface area contributed by atoms with Gasteiger partial charge in [-0.2, -0.15) is 0 Å². The maximum Gasteiger partial charge on any atom is 0.247 e. The van der Waals surface area contributed by atoms with Crippen LogP contribution in [0.15, 0.2) is 48.5 Å². The topological polar surface area (TPSA) is 116 Å². The molecule has 2 N–H and O–H groups in total. The number of rotatable bonds is 6. The molecule has 2 atom stereocenters. The van der Waals surface area contributed by atoms with Crippen molar-refractivity contribution in [2.75, 3.05) is 40.6 Å². The van der Waals surface area contributed by atoms with Crippen LogP contribution in [0.4, 0.5) is 17.1 Å². The summed E-state index contributed by atoms with van der Waals surface area (Å²) in [5, 5.41) is 5.62. The van der Waals surface area contributed by atoms with Crippen molar-refractivity contribution < 1.29 is 22.8 Å². The normalized spacial score (nSPS) is 20.9. The number of hydrogen-bond acceptors (Lipinski definition) is 6. The van der Waals surface area contributed by atoms with Crippen molar-refractivity contribution in [1.29, 1.82) is 0 Å². The van der Waals surface area contributed by atoms with Crippen molar-refractivity contribution in [3.05, 3.63) is 54.1 Å². The largest absolute Gasteiger partial charge is 0.348 e. The molecule has 2 aromatic rings. The zero-order valence-corrected chi connectivity index (χ0v) is 20.0. The lowest BCUT2D eigenvalue weighted by Gasteiger charge is -2.38. The number of aryl methyl sites for hydroxylation is 1. The molecule has 2 aliphatic rings. The molecular weight excluding hydrogens is 456 g/mol. The fourth-order valence-electron chi connectivity index (χ4n) is 4.32. The van der Waals surface area contributed by atoms with E-state index in [0.717, 1.165) is 5.56 Å². The van der Waals surface area contributed by atoms with Gasteiger partial charge in [-0.1, -0.05) is 29.8 Å². The molecular formula is C24H28N4O5S. The van der Waals surface area contributed by atoms with Crippen LogP contribution in [0, 0.1) is 6.92 Å². The average molecular weight is 485 g/mol. The van der Waals surface area contributed by atoms with Gasteiger partial charge in [-0.3, -0.25) is 14.4 Å². The van der Waals surface area contributed by atoms with Crippen molar-refractivity contribution in [3.8, 4) is 0 Å². The highest BCUT2D eigenvalue weighted by Gasteiger charge is 2.38. The van der Waals surface area contributed by atoms with Crippen LogP contribution in [0.1, 0.15) is 18.4 Å². The third kappa shape index (κ3) is 5.22. The van der Waals surface area contributed by atoms with Crippen LogP contribution in [0.25, 0.3) is 0 Å². The van der Waals surface area contributed by atoms with Crippen LogP contribution < -0.4 is 15.5 Å². The molecule has 1 fully saturated rings. The Morgan fingerprint density at radius 1 is 1.15 bits per heavy atom. The van der Waals surface area contributed by atoms with Crippen molar-refractivity contribution in [2.24, 2.45) is 0 Å². The Balaban J connectivity index is 1.53. The van der Waals surface area contributed by atoms with Gasteiger partial charge in [0.15, 0.2) is 9.84 Å². The van der Waals surface area contributed by atoms with Crippen LogP contribution in [-0.4, -0.2) is 68.2 Å². The van der Waals surface area contributed by atoms with Gasteiger partial charge in [0.2, 0.25) is 17.7 Å². The van der Waals surface area contributed by atoms with E-state index in [1.165, 1.54) is 4.90 Å². The second-order valence-corrected chi connectivity index (χ2v) is 11.1. The molecule has 0 bridgehead atoms. The molecule has 10 heteroatoms. The molecule has 0 aliphatic carbocycles. The zero-order chi connectivity index (χ0) is 24.5. The van der Waals surface area contributed by atoms with E-state index in [1.54, 1.807) is 48.3 Å². The van der Waals surface area contributed by atoms with E-state index in [2.05, 4.69) is 10.6 Å². The fraction of sp³-hybridized carbons (Fsp3) is 0.375. The second kappa shape index (κ2) is 9.46. The minimum absolute atomic E-state index is 0.0608. The molecule has 2 aromatic carbocycles. The first-order valence-corrected chi connectivity index (χ1v) is 12.9. The van der Waals surface area contributed by atoms with Crippen LogP contribution in [0.3, 0.4) is 0 Å². The molecule has 1 saturated heterocycles. The highest BCUT2D eigenvalue weighted by Crippen LogP contribution is 2.33. The number of likely N-dealkylation sites (N-methyl/N-ethyl adjacent to an activating group) is 1. The predicted octanol–water partition coefficient (Wildman–Crippen LogP) is 1.80. The van der Waals surface area contributed by atoms with E-state index in [4.69, 9.17) is 0 Å². The summed E-state index contributed by atoms with van der Waals surface area (Å²) in [4.78, 5) is 42.0. The summed E-state index contributed by atoms with van der Waals surface area (Å²) >= 11 is 0. The summed E-state index contributed by atoms with van der Waals surface area (Å²) in [6, 6.07) is 13.1. The highest BCUT2D eigenvalue weighted by molar-refractivity contribution is 7.91. The Morgan fingerprint density at radius 3 is 2.53 bits per heavy atom. The predicted molar refractivity (Wildman–Crippen MR) is 130 cm³/mol. The van der Waals surface area contributed by atoms with Gasteiger partial charge >= 0.3 is 0 Å². The summed E-state index contributed by atoms with van der Waals surface area (Å²) in [6.45, 7) is 1.79. The van der Waals surface area contributed by atoms with Gasteiger partial charge in [0.05, 0.1) is 35.8 Å². The van der Waals surface area contributed by atoms with Gasteiger partial charge in [-0.15, -0.1) is 0 Å². The minimum Gasteiger partial charge on any atom is -0.348 e. The van der Waals surface area contributed by atoms with Crippen molar-refractivity contribution in [2.45, 2.75) is 31.8 Å². The third-order valence-corrected chi connectivity index (χ3v) is 8.07. The number of fused-ring (bicyclic) bond motifs is 1. The van der Waals surface area contributed by atoms with E-state index in [-0.39, 0.29) is 42.2 Å². The summed E-state index contributed by atoms with van der Waals surface area (Å²) < 4.78 is 23.7. The lowest BCUT2D eigenvalue weighted by molar-refractivity contribution is -0.130. The summed E-state index contributed by atoms with van der Waals surface area (Å²) in [6.07, 6.45) is 0.243. The Morgan fingerprint density at radius 2 is 1.85 bits per heavy atom. The molecule has 2 aliphatic heterocycles. The maximum atomic E-state index is 13.1. The summed E-state index contributed by atoms with van der Waals surface area (Å²) in [5.41, 5.74) is 2.87. The van der Waals surface area contributed by atoms with E-state index >= 15 is 0 Å². The van der Waals surface area contributed by atoms with Crippen LogP contribution in [0.2, 0.25) is 0 Å². The van der Waals surface area contributed by atoms with E-state index in [1.807, 2.05) is 19.1 Å². The van der Waals surface area contributed by atoms with Crippen molar-refractivity contribution >= 4 is 44.6 Å². The van der Waals surface area contributed by atoms with Crippen LogP contribution in [0.5, 0.6) is 0 Å². The van der Waals surface area contributed by atoms with Crippen molar-refractivity contribution in [3.63, 3.8) is 0 Å². The number of hydrogen-bond donors (Lipinski definition) is 2. The molecule has 0 unspecified atom stereocenters. The maximum absolute atomic E-state index is 13.1. The fourth-order valence-corrected chi connectivity index (χ4v) is 6.09. The first kappa shape index (κ1) is 23.7. The molecule has 4 rings (SSSR count). The number of benzene rings is 2. The lowest BCUT2D eigenvalue weighted by Crippen LogP contribution is -2.54. The van der Waals surface area contributed by atoms with Crippen LogP contribution in [-0.2, 0) is 24.2 Å². The standard InChI is InChI=1S/C24H28N4O5S/c1-16-7-9-17(10-8-16)25-22(29)13-21-24(31)26-19-5-3-4-6-20(19)28(21)14-23(30)27(2)18-11-12-34(32,33)15-18/h3-10,18,21H,11-15H2,1-2H3,(H,25,29)(H,26,31)/t18-,21-/m0/s1. The Labute approximate surface area is 199 Å². The van der Waals surface area contributed by atoms with Gasteiger partial charge in [0.1, 0.15) is 6.04 Å². The van der Waals surface area contributed by atoms with Gasteiger partial charge in [0.25, 0.3) is 0 Å². The number of nitrogens with one attached hydrogen (secondary N) is 2. The molecule has 0 aromatic heterocycles. The third-order valence-electron chi connectivity index (χ3n) is 6.32. The average Bonchev–Trinajstić information content (AvgIpc) is 3.16. The van der Waals surface area contributed by atoms with Crippen LogP contribution >= 0.6 is 0 Å². The Kier molecular flexibility index (Phi) is 6.60. The first-order valence-electron chi connectivity index (χ1n) is 11.1. The number of anilines is 3. The SMILES string of the molecule is Cc1ccc(NC(=O)C[C@H]2C(=O)Nc3ccccc3N2CC(=O)N(C)[C@H]2CCS(=O)(=O)C2)cc1. The smallest absolute Gasteiger partial charge is 0.247 e. The van der Waals surface area contributed by atoms with Gasteiger partial charge < -0.3 is 20.4 Å². The molecule has 34 heavy (non-hydrogen) atoms. The van der Waals surface area contributed by atoms with Crippen molar-refractivity contribution in [1.82, 2.24) is 4.90 Å². The van der Waals surface area contributed by atoms with E-state index in [9.17, 15) is 22.8 Å². The van der Waals surface area contributed by atoms with Gasteiger partial charge in [0, 0.05) is 18.8 Å². The first-order chi connectivity index (χ1) is 16.1. The second-order valence-electron chi connectivity index (χ2n) is 8.83. The molecule has 180 valence electrons. The molecule has 0 saturated carbocycles. The van der Waals surface area contributed by atoms with E-state index < -0.39 is 21.9 Å². The Hall–Kier alpha value is -3.40.